The van der Waals surface area contributed by atoms with E-state index in [0.717, 1.165) is 63.4 Å². The summed E-state index contributed by atoms with van der Waals surface area (Å²) in [7, 11) is -6.11. The van der Waals surface area contributed by atoms with Crippen molar-refractivity contribution in [1.29, 1.82) is 0 Å². The van der Waals surface area contributed by atoms with E-state index in [4.69, 9.17) is 23.4 Å². The molecule has 0 saturated carbocycles. The van der Waals surface area contributed by atoms with Crippen LogP contribution in [-0.4, -0.2) is 77.4 Å². The highest BCUT2D eigenvalue weighted by Crippen LogP contribution is 2.44. The van der Waals surface area contributed by atoms with Gasteiger partial charge in [0.05, 0.1) is 59.0 Å². The Morgan fingerprint density at radius 2 is 1.37 bits per heavy atom. The Morgan fingerprint density at radius 1 is 0.758 bits per heavy atom. The Labute approximate surface area is 375 Å². The van der Waals surface area contributed by atoms with Crippen molar-refractivity contribution in [3.63, 3.8) is 0 Å². The molecule has 0 spiro atoms. The van der Waals surface area contributed by atoms with Gasteiger partial charge in [-0.1, -0.05) is 127 Å². The molecule has 0 unspecified atom stereocenters. The van der Waals surface area contributed by atoms with Gasteiger partial charge in [-0.05, 0) is 116 Å². The van der Waals surface area contributed by atoms with Crippen LogP contribution in [0.25, 0.3) is 0 Å². The van der Waals surface area contributed by atoms with Gasteiger partial charge in [0.15, 0.2) is 9.84 Å². The summed E-state index contributed by atoms with van der Waals surface area (Å²) < 4.78 is 61.8. The van der Waals surface area contributed by atoms with E-state index in [-0.39, 0.29) is 76.9 Å². The topological polar surface area (TPSA) is 80.3 Å². The fourth-order valence-electron chi connectivity index (χ4n) is 11.0. The molecule has 0 radical (unpaired) electrons. The highest BCUT2D eigenvalue weighted by atomic mass is 32.2. The highest BCUT2D eigenvalue weighted by Gasteiger charge is 2.51. The van der Waals surface area contributed by atoms with Crippen molar-refractivity contribution in [2.24, 2.45) is 17.8 Å². The summed E-state index contributed by atoms with van der Waals surface area (Å²) in [5.74, 6) is 0.206. The van der Waals surface area contributed by atoms with Gasteiger partial charge in [-0.25, -0.2) is 8.42 Å². The average molecular weight is 883 g/mol. The molecule has 10 atom stereocenters. The molecule has 7 nitrogen and oxygen atoms in total. The van der Waals surface area contributed by atoms with Crippen LogP contribution in [0.5, 0.6) is 0 Å². The molecule has 3 aromatic carbocycles. The smallest absolute Gasteiger partial charge is 0.261 e. The molecule has 338 valence electrons. The molecule has 0 amide bonds. The molecule has 4 saturated heterocycles. The summed E-state index contributed by atoms with van der Waals surface area (Å²) in [4.78, 5) is 0.365. The first-order chi connectivity index (χ1) is 29.5. The van der Waals surface area contributed by atoms with Crippen LogP contribution in [0.1, 0.15) is 113 Å². The van der Waals surface area contributed by atoms with Crippen molar-refractivity contribution in [3.8, 4) is 0 Å². The van der Waals surface area contributed by atoms with Gasteiger partial charge in [0.1, 0.15) is 0 Å². The van der Waals surface area contributed by atoms with Crippen molar-refractivity contribution >= 4 is 28.5 Å². The second-order valence-corrected chi connectivity index (χ2v) is 27.0. The maximum atomic E-state index is 13.8. The van der Waals surface area contributed by atoms with Gasteiger partial charge in [-0.2, -0.15) is 0 Å². The number of rotatable bonds is 17. The minimum Gasteiger partial charge on any atom is -0.407 e. The van der Waals surface area contributed by atoms with Crippen molar-refractivity contribution in [3.05, 3.63) is 115 Å². The second kappa shape index (κ2) is 19.7. The molecule has 3 aromatic rings. The summed E-state index contributed by atoms with van der Waals surface area (Å²) in [6.07, 6.45) is 8.48. The summed E-state index contributed by atoms with van der Waals surface area (Å²) in [5.41, 5.74) is 2.11. The molecule has 0 aliphatic carbocycles. The Morgan fingerprint density at radius 3 is 1.97 bits per heavy atom. The first-order valence-electron chi connectivity index (χ1n) is 23.5. The third-order valence-corrected chi connectivity index (χ3v) is 21.4. The fraction of sp³-hybridized carbons (Fsp3) is 0.585. The Hall–Kier alpha value is -2.89. The van der Waals surface area contributed by atoms with Gasteiger partial charge in [0.2, 0.25) is 0 Å². The summed E-state index contributed by atoms with van der Waals surface area (Å²) in [6.45, 7) is 25.4. The van der Waals surface area contributed by atoms with E-state index in [2.05, 4.69) is 122 Å². The monoisotopic (exact) mass is 882 g/mol. The fourth-order valence-corrected chi connectivity index (χ4v) is 17.4. The number of ether oxygens (including phenoxy) is 4. The maximum absolute atomic E-state index is 13.8. The molecule has 9 heteroatoms. The van der Waals surface area contributed by atoms with Crippen LogP contribution in [-0.2, 0) is 33.2 Å². The Balaban J connectivity index is 0.950. The van der Waals surface area contributed by atoms with Crippen LogP contribution in [0.15, 0.2) is 120 Å². The van der Waals surface area contributed by atoms with Crippen molar-refractivity contribution in [1.82, 2.24) is 0 Å². The zero-order valence-corrected chi connectivity index (χ0v) is 40.4. The van der Waals surface area contributed by atoms with E-state index >= 15 is 0 Å². The third-order valence-electron chi connectivity index (χ3n) is 14.6. The normalized spacial score (nSPS) is 30.6. The molecule has 4 aliphatic rings. The Kier molecular flexibility index (Phi) is 15.0. The lowest BCUT2D eigenvalue weighted by Gasteiger charge is -2.43. The zero-order chi connectivity index (χ0) is 44.3. The number of sulfone groups is 1. The molecule has 0 bridgehead atoms. The SMILES string of the molecule is C=C1C[C@H](CCCO[Si](c2ccccc2)(c2ccccc2)C(C)(C)C)O[C@H]1CC[C@H]1C[C@@H](C)C(=C)[C@@H](C[C@@H]2O[C@H](C[C@H]3CCC(C)(C)O3)[C@H](C)[C@H]2CS(=O)(=O)c2ccccc2)O1. The molecule has 4 fully saturated rings. The zero-order valence-electron chi connectivity index (χ0n) is 38.6. The number of hydrogen-bond donors (Lipinski definition) is 0. The van der Waals surface area contributed by atoms with E-state index < -0.39 is 18.2 Å². The first kappa shape index (κ1) is 47.1. The summed E-state index contributed by atoms with van der Waals surface area (Å²) in [6, 6.07) is 30.5. The van der Waals surface area contributed by atoms with E-state index in [9.17, 15) is 8.42 Å². The average Bonchev–Trinajstić information content (AvgIpc) is 3.87. The molecular formula is C53H74O7SSi. The van der Waals surface area contributed by atoms with Gasteiger partial charge >= 0.3 is 0 Å². The second-order valence-electron chi connectivity index (χ2n) is 20.6. The van der Waals surface area contributed by atoms with Crippen molar-refractivity contribution in [2.75, 3.05) is 12.4 Å². The van der Waals surface area contributed by atoms with Crippen LogP contribution < -0.4 is 10.4 Å². The van der Waals surface area contributed by atoms with Gasteiger partial charge < -0.3 is 23.4 Å². The van der Waals surface area contributed by atoms with Gasteiger partial charge in [-0.15, -0.1) is 0 Å². The lowest BCUT2D eigenvalue weighted by atomic mass is 9.82. The lowest BCUT2D eigenvalue weighted by molar-refractivity contribution is -0.0810. The van der Waals surface area contributed by atoms with E-state index in [1.807, 2.05) is 6.07 Å². The molecular weight excluding hydrogens is 809 g/mol. The van der Waals surface area contributed by atoms with Gasteiger partial charge in [-0.3, -0.25) is 0 Å². The summed E-state index contributed by atoms with van der Waals surface area (Å²) >= 11 is 0. The minimum atomic E-state index is -3.53. The predicted molar refractivity (Wildman–Crippen MR) is 253 cm³/mol. The van der Waals surface area contributed by atoms with E-state index in [1.165, 1.54) is 15.9 Å². The predicted octanol–water partition coefficient (Wildman–Crippen LogP) is 10.4. The minimum absolute atomic E-state index is 0.00946. The highest BCUT2D eigenvalue weighted by molar-refractivity contribution is 7.91. The van der Waals surface area contributed by atoms with Crippen LogP contribution in [0.2, 0.25) is 5.04 Å². The maximum Gasteiger partial charge on any atom is 0.261 e. The quantitative estimate of drug-likeness (QED) is 0.0759. The standard InChI is InChI=1S/C53H74O7SSi/c1-37-32-42(27-28-48-38(2)33-41(57-48)20-19-31-56-62(52(5,6)7,45-23-15-11-16-24-45)46-25-17-12-18-26-46)58-50(39(37)3)35-51-47(36-61(54,55)44-21-13-10-14-22-44)40(4)49(59-51)34-43-29-30-53(8,9)60-43/h10-18,21-26,37,40-43,47-51H,2-3,19-20,27-36H2,1,4-9H3/t37-,40-,41+,42+,43-,47-,48+,49-,50-,51+/m1/s1. The van der Waals surface area contributed by atoms with Crippen molar-refractivity contribution < 1.29 is 31.8 Å². The molecule has 4 heterocycles. The molecule has 62 heavy (non-hydrogen) atoms. The van der Waals surface area contributed by atoms with Gasteiger partial charge in [0.25, 0.3) is 8.32 Å². The van der Waals surface area contributed by atoms with E-state index in [1.54, 1.807) is 24.3 Å². The van der Waals surface area contributed by atoms with E-state index in [0.29, 0.717) is 17.9 Å². The third kappa shape index (κ3) is 10.8. The molecule has 4 aliphatic heterocycles. The number of hydrogen-bond acceptors (Lipinski definition) is 7. The molecule has 0 aromatic heterocycles. The van der Waals surface area contributed by atoms with Crippen molar-refractivity contribution in [2.45, 2.75) is 171 Å². The molecule has 0 N–H and O–H groups in total. The number of benzene rings is 3. The van der Waals surface area contributed by atoms with Crippen LogP contribution in [0.3, 0.4) is 0 Å². The van der Waals surface area contributed by atoms with Crippen LogP contribution in [0, 0.1) is 17.8 Å². The molecule has 7 rings (SSSR count). The largest absolute Gasteiger partial charge is 0.407 e. The Bertz CT molecular complexity index is 2010. The van der Waals surface area contributed by atoms with Crippen LogP contribution in [0.4, 0.5) is 0 Å². The van der Waals surface area contributed by atoms with Gasteiger partial charge in [0, 0.05) is 25.4 Å². The summed E-state index contributed by atoms with van der Waals surface area (Å²) in [5, 5.41) is 2.55. The lowest BCUT2D eigenvalue weighted by Crippen LogP contribution is -2.66. The van der Waals surface area contributed by atoms with Crippen LogP contribution >= 0.6 is 0 Å². The first-order valence-corrected chi connectivity index (χ1v) is 27.0.